The third kappa shape index (κ3) is 3.94. The van der Waals surface area contributed by atoms with Crippen LogP contribution >= 0.6 is 0 Å². The number of carbonyl (C=O) groups excluding carboxylic acids is 1. The summed E-state index contributed by atoms with van der Waals surface area (Å²) in [5, 5.41) is 2.08. The molecule has 4 aromatic rings. The number of carbonyl (C=O) groups is 1. The van der Waals surface area contributed by atoms with Gasteiger partial charge in [-0.15, -0.1) is 0 Å². The van der Waals surface area contributed by atoms with Crippen molar-refractivity contribution in [2.75, 3.05) is 11.4 Å². The van der Waals surface area contributed by atoms with Crippen molar-refractivity contribution in [3.8, 4) is 11.3 Å². The Labute approximate surface area is 172 Å². The predicted molar refractivity (Wildman–Crippen MR) is 112 cm³/mol. The van der Waals surface area contributed by atoms with Crippen molar-refractivity contribution in [2.45, 2.75) is 19.8 Å². The number of nitrogens with zero attached hydrogens (tertiary/aromatic N) is 2. The van der Waals surface area contributed by atoms with E-state index in [0.29, 0.717) is 12.4 Å². The molecule has 4 nitrogen and oxygen atoms in total. The van der Waals surface area contributed by atoms with Crippen LogP contribution in [0.2, 0.25) is 0 Å². The van der Waals surface area contributed by atoms with Crippen LogP contribution in [-0.4, -0.2) is 17.4 Å². The molecule has 1 heterocycles. The highest BCUT2D eigenvalue weighted by molar-refractivity contribution is 6.03. The first-order valence-corrected chi connectivity index (χ1v) is 9.75. The van der Waals surface area contributed by atoms with E-state index in [0.717, 1.165) is 28.6 Å². The number of benzene rings is 3. The molecule has 6 heteroatoms. The average Bonchev–Trinajstić information content (AvgIpc) is 3.21. The number of amides is 1. The zero-order chi connectivity index (χ0) is 21.1. The first-order chi connectivity index (χ1) is 14.6. The first kappa shape index (κ1) is 19.8. The largest absolute Gasteiger partial charge is 0.441 e. The third-order valence-corrected chi connectivity index (χ3v) is 4.98. The van der Waals surface area contributed by atoms with Gasteiger partial charge in [-0.1, -0.05) is 36.4 Å². The van der Waals surface area contributed by atoms with Gasteiger partial charge in [0.15, 0.2) is 11.7 Å². The summed E-state index contributed by atoms with van der Waals surface area (Å²) < 4.78 is 32.6. The van der Waals surface area contributed by atoms with Gasteiger partial charge < -0.3 is 9.32 Å². The third-order valence-electron chi connectivity index (χ3n) is 4.98. The number of hydrogen-bond acceptors (Lipinski definition) is 3. The highest BCUT2D eigenvalue weighted by atomic mass is 19.1. The maximum absolute atomic E-state index is 13.9. The average molecular weight is 406 g/mol. The second-order valence-electron chi connectivity index (χ2n) is 6.88. The Hall–Kier alpha value is -3.54. The van der Waals surface area contributed by atoms with Crippen LogP contribution in [0.1, 0.15) is 19.2 Å². The van der Waals surface area contributed by atoms with Gasteiger partial charge in [-0.25, -0.2) is 13.8 Å². The molecule has 0 atom stereocenters. The second kappa shape index (κ2) is 8.45. The van der Waals surface area contributed by atoms with Crippen LogP contribution < -0.4 is 4.90 Å². The monoisotopic (exact) mass is 406 g/mol. The van der Waals surface area contributed by atoms with Gasteiger partial charge in [-0.3, -0.25) is 4.79 Å². The highest BCUT2D eigenvalue weighted by Gasteiger charge is 2.18. The Balaban J connectivity index is 1.49. The zero-order valence-corrected chi connectivity index (χ0v) is 16.4. The molecule has 1 aromatic heterocycles. The number of oxazole rings is 1. The van der Waals surface area contributed by atoms with Gasteiger partial charge in [-0.2, -0.15) is 0 Å². The molecular formula is C24H20F2N2O2. The first-order valence-electron chi connectivity index (χ1n) is 9.75. The summed E-state index contributed by atoms with van der Waals surface area (Å²) in [5.41, 5.74) is 0.995. The van der Waals surface area contributed by atoms with Crippen molar-refractivity contribution in [3.63, 3.8) is 0 Å². The number of aryl methyl sites for hydroxylation is 1. The van der Waals surface area contributed by atoms with E-state index < -0.39 is 11.6 Å². The molecule has 0 N–H and O–H groups in total. The molecular weight excluding hydrogens is 386 g/mol. The molecule has 0 fully saturated rings. The molecule has 4 rings (SSSR count). The Morgan fingerprint density at radius 1 is 1.07 bits per heavy atom. The summed E-state index contributed by atoms with van der Waals surface area (Å²) in [4.78, 5) is 18.8. The van der Waals surface area contributed by atoms with Crippen molar-refractivity contribution < 1.29 is 18.0 Å². The van der Waals surface area contributed by atoms with Crippen LogP contribution in [0.15, 0.2) is 71.3 Å². The van der Waals surface area contributed by atoms with E-state index in [9.17, 15) is 13.6 Å². The second-order valence-corrected chi connectivity index (χ2v) is 6.88. The number of rotatable bonds is 6. The zero-order valence-electron chi connectivity index (χ0n) is 16.4. The molecule has 0 saturated heterocycles. The fraction of sp³-hybridized carbons (Fsp3) is 0.167. The topological polar surface area (TPSA) is 46.3 Å². The van der Waals surface area contributed by atoms with Gasteiger partial charge in [0.05, 0.1) is 17.4 Å². The number of anilines is 1. The van der Waals surface area contributed by atoms with Gasteiger partial charge in [0, 0.05) is 30.8 Å². The summed E-state index contributed by atoms with van der Waals surface area (Å²) in [6.07, 6.45) is 1.87. The van der Waals surface area contributed by atoms with E-state index in [1.807, 2.05) is 49.4 Å². The van der Waals surface area contributed by atoms with Crippen LogP contribution in [0.5, 0.6) is 0 Å². The minimum atomic E-state index is -0.720. The van der Waals surface area contributed by atoms with Crippen molar-refractivity contribution in [2.24, 2.45) is 0 Å². The van der Waals surface area contributed by atoms with Gasteiger partial charge in [0.2, 0.25) is 5.91 Å². The number of aromatic nitrogens is 1. The SMILES string of the molecule is CCN(C(=O)CCc1ncc(-c2ccc(F)cc2F)o1)c1cccc2ccccc12. The fourth-order valence-electron chi connectivity index (χ4n) is 3.51. The van der Waals surface area contributed by atoms with Crippen LogP contribution in [0.4, 0.5) is 14.5 Å². The molecule has 0 aliphatic rings. The van der Waals surface area contributed by atoms with E-state index >= 15 is 0 Å². The van der Waals surface area contributed by atoms with E-state index in [1.165, 1.54) is 12.3 Å². The molecule has 0 bridgehead atoms. The van der Waals surface area contributed by atoms with Gasteiger partial charge in [-0.05, 0) is 30.5 Å². The quantitative estimate of drug-likeness (QED) is 0.409. The van der Waals surface area contributed by atoms with Crippen molar-refractivity contribution in [3.05, 3.63) is 84.4 Å². The number of hydrogen-bond donors (Lipinski definition) is 0. The normalized spacial score (nSPS) is 11.0. The van der Waals surface area contributed by atoms with Crippen molar-refractivity contribution >= 4 is 22.4 Å². The van der Waals surface area contributed by atoms with Crippen LogP contribution in [-0.2, 0) is 11.2 Å². The molecule has 0 unspecified atom stereocenters. The smallest absolute Gasteiger partial charge is 0.227 e. The minimum absolute atomic E-state index is 0.0541. The lowest BCUT2D eigenvalue weighted by Crippen LogP contribution is -2.31. The molecule has 30 heavy (non-hydrogen) atoms. The van der Waals surface area contributed by atoms with E-state index in [-0.39, 0.29) is 30.1 Å². The number of fused-ring (bicyclic) bond motifs is 1. The van der Waals surface area contributed by atoms with Gasteiger partial charge >= 0.3 is 0 Å². The maximum atomic E-state index is 13.9. The highest BCUT2D eigenvalue weighted by Crippen LogP contribution is 2.28. The van der Waals surface area contributed by atoms with Crippen LogP contribution in [0.25, 0.3) is 22.1 Å². The lowest BCUT2D eigenvalue weighted by Gasteiger charge is -2.22. The molecule has 1 amide bonds. The summed E-state index contributed by atoms with van der Waals surface area (Å²) in [7, 11) is 0. The van der Waals surface area contributed by atoms with E-state index in [1.54, 1.807) is 4.90 Å². The molecule has 0 aliphatic carbocycles. The van der Waals surface area contributed by atoms with E-state index in [2.05, 4.69) is 4.98 Å². The Kier molecular flexibility index (Phi) is 5.57. The van der Waals surface area contributed by atoms with Crippen LogP contribution in [0.3, 0.4) is 0 Å². The summed E-state index contributed by atoms with van der Waals surface area (Å²) in [6.45, 7) is 2.46. The fourth-order valence-corrected chi connectivity index (χ4v) is 3.51. The molecule has 3 aromatic carbocycles. The summed E-state index contributed by atoms with van der Waals surface area (Å²) in [5.74, 6) is -0.898. The minimum Gasteiger partial charge on any atom is -0.441 e. The molecule has 152 valence electrons. The number of halogens is 2. The van der Waals surface area contributed by atoms with Crippen molar-refractivity contribution in [1.29, 1.82) is 0 Å². The van der Waals surface area contributed by atoms with Crippen LogP contribution in [0, 0.1) is 11.6 Å². The molecule has 0 radical (unpaired) electrons. The lowest BCUT2D eigenvalue weighted by atomic mass is 10.1. The Morgan fingerprint density at radius 3 is 2.67 bits per heavy atom. The Morgan fingerprint density at radius 2 is 1.87 bits per heavy atom. The predicted octanol–water partition coefficient (Wildman–Crippen LogP) is 5.76. The Bertz CT molecular complexity index is 1200. The van der Waals surface area contributed by atoms with E-state index in [4.69, 9.17) is 4.42 Å². The molecule has 0 saturated carbocycles. The summed E-state index contributed by atoms with van der Waals surface area (Å²) in [6, 6.07) is 17.1. The maximum Gasteiger partial charge on any atom is 0.227 e. The van der Waals surface area contributed by atoms with Crippen molar-refractivity contribution in [1.82, 2.24) is 4.98 Å². The standard InChI is InChI=1S/C24H20F2N2O2/c1-2-28(21-9-5-7-16-6-3-4-8-18(16)21)24(29)13-12-23-27-15-22(30-23)19-11-10-17(25)14-20(19)26/h3-11,14-15H,2,12-13H2,1H3. The molecule has 0 spiro atoms. The summed E-state index contributed by atoms with van der Waals surface area (Å²) >= 11 is 0. The lowest BCUT2D eigenvalue weighted by molar-refractivity contribution is -0.118. The van der Waals surface area contributed by atoms with Gasteiger partial charge in [0.1, 0.15) is 11.6 Å². The van der Waals surface area contributed by atoms with Gasteiger partial charge in [0.25, 0.3) is 0 Å². The molecule has 0 aliphatic heterocycles.